The van der Waals surface area contributed by atoms with Gasteiger partial charge in [0.25, 0.3) is 0 Å². The predicted octanol–water partition coefficient (Wildman–Crippen LogP) is 1.56. The maximum atomic E-state index is 11.3. The molecule has 0 aromatic carbocycles. The number of esters is 1. The molecule has 0 aliphatic heterocycles. The monoisotopic (exact) mass is 187 g/mol. The molecule has 0 heterocycles. The minimum absolute atomic E-state index is 0.0606. The summed E-state index contributed by atoms with van der Waals surface area (Å²) in [4.78, 5) is 11.3. The van der Waals surface area contributed by atoms with E-state index < -0.39 is 0 Å². The van der Waals surface area contributed by atoms with Gasteiger partial charge in [-0.3, -0.25) is 4.79 Å². The van der Waals surface area contributed by atoms with E-state index in [2.05, 4.69) is 0 Å². The lowest BCUT2D eigenvalue weighted by Crippen LogP contribution is -2.45. The number of nitrogens with two attached hydrogens (primary N) is 1. The van der Waals surface area contributed by atoms with E-state index >= 15 is 0 Å². The first-order valence-electron chi connectivity index (χ1n) is 4.68. The summed E-state index contributed by atoms with van der Waals surface area (Å²) in [7, 11) is 1.40. The van der Waals surface area contributed by atoms with Gasteiger partial charge in [-0.25, -0.2) is 0 Å². The lowest BCUT2D eigenvalue weighted by molar-refractivity contribution is -0.147. The molecular formula is C10H21NO2. The Morgan fingerprint density at radius 2 is 1.92 bits per heavy atom. The molecular weight excluding hydrogens is 166 g/mol. The quantitative estimate of drug-likeness (QED) is 0.682. The number of carbonyl (C=O) groups is 1. The summed E-state index contributed by atoms with van der Waals surface area (Å²) in [5, 5.41) is 0. The summed E-state index contributed by atoms with van der Waals surface area (Å²) in [6.07, 6.45) is 0.727. The van der Waals surface area contributed by atoms with Gasteiger partial charge < -0.3 is 10.5 Å². The van der Waals surface area contributed by atoms with Crippen molar-refractivity contribution in [2.75, 3.05) is 7.11 Å². The van der Waals surface area contributed by atoms with E-state index in [0.29, 0.717) is 0 Å². The molecule has 2 N–H and O–H groups in total. The van der Waals surface area contributed by atoms with Crippen molar-refractivity contribution in [1.82, 2.24) is 0 Å². The Labute approximate surface area is 80.6 Å². The molecule has 2 atom stereocenters. The van der Waals surface area contributed by atoms with Crippen molar-refractivity contribution in [2.24, 2.45) is 17.1 Å². The fourth-order valence-electron chi connectivity index (χ4n) is 1.32. The van der Waals surface area contributed by atoms with Crippen molar-refractivity contribution in [3.8, 4) is 0 Å². The first kappa shape index (κ1) is 12.4. The molecule has 0 amide bonds. The third-order valence-corrected chi connectivity index (χ3v) is 2.38. The van der Waals surface area contributed by atoms with Crippen molar-refractivity contribution in [3.63, 3.8) is 0 Å². The molecule has 0 aromatic rings. The van der Waals surface area contributed by atoms with Crippen LogP contribution in [0.25, 0.3) is 0 Å². The van der Waals surface area contributed by atoms with E-state index in [0.717, 1.165) is 6.42 Å². The fraction of sp³-hybridized carbons (Fsp3) is 0.900. The summed E-state index contributed by atoms with van der Waals surface area (Å²) in [5.74, 6) is -0.394. The zero-order valence-electron chi connectivity index (χ0n) is 9.26. The van der Waals surface area contributed by atoms with Gasteiger partial charge in [-0.1, -0.05) is 27.7 Å². The van der Waals surface area contributed by atoms with Gasteiger partial charge in [0.05, 0.1) is 13.0 Å². The van der Waals surface area contributed by atoms with E-state index in [1.807, 2.05) is 27.7 Å². The minimum Gasteiger partial charge on any atom is -0.469 e. The number of rotatable bonds is 3. The molecule has 0 radical (unpaired) electrons. The first-order chi connectivity index (χ1) is 5.84. The average Bonchev–Trinajstić information content (AvgIpc) is 2.03. The van der Waals surface area contributed by atoms with Crippen LogP contribution in [-0.2, 0) is 9.53 Å². The highest BCUT2D eigenvalue weighted by Gasteiger charge is 2.32. The Kier molecular flexibility index (Phi) is 4.40. The van der Waals surface area contributed by atoms with Gasteiger partial charge in [0, 0.05) is 6.04 Å². The van der Waals surface area contributed by atoms with Crippen molar-refractivity contribution in [2.45, 2.75) is 40.2 Å². The predicted molar refractivity (Wildman–Crippen MR) is 53.2 cm³/mol. The summed E-state index contributed by atoms with van der Waals surface area (Å²) < 4.78 is 4.70. The molecule has 0 aromatic heterocycles. The number of carbonyl (C=O) groups excluding carboxylic acids is 1. The average molecular weight is 187 g/mol. The van der Waals surface area contributed by atoms with Crippen LogP contribution in [0.5, 0.6) is 0 Å². The van der Waals surface area contributed by atoms with Gasteiger partial charge in [-0.2, -0.15) is 0 Å². The van der Waals surface area contributed by atoms with Crippen molar-refractivity contribution < 1.29 is 9.53 Å². The second kappa shape index (κ2) is 4.61. The topological polar surface area (TPSA) is 52.3 Å². The van der Waals surface area contributed by atoms with Crippen LogP contribution in [0.4, 0.5) is 0 Å². The third-order valence-electron chi connectivity index (χ3n) is 2.38. The second-order valence-electron chi connectivity index (χ2n) is 4.43. The Hall–Kier alpha value is -0.570. The van der Waals surface area contributed by atoms with E-state index in [4.69, 9.17) is 10.5 Å². The molecule has 0 spiro atoms. The van der Waals surface area contributed by atoms with Gasteiger partial charge in [0.2, 0.25) is 0 Å². The van der Waals surface area contributed by atoms with E-state index in [1.54, 1.807) is 0 Å². The highest BCUT2D eigenvalue weighted by Crippen LogP contribution is 2.25. The zero-order valence-corrected chi connectivity index (χ0v) is 9.26. The van der Waals surface area contributed by atoms with Gasteiger partial charge in [-0.15, -0.1) is 0 Å². The van der Waals surface area contributed by atoms with Crippen molar-refractivity contribution >= 4 is 5.97 Å². The number of methoxy groups -OCH3 is 1. The van der Waals surface area contributed by atoms with Gasteiger partial charge in [-0.05, 0) is 11.8 Å². The van der Waals surface area contributed by atoms with Crippen molar-refractivity contribution in [3.05, 3.63) is 0 Å². The van der Waals surface area contributed by atoms with Gasteiger partial charge in [0.15, 0.2) is 0 Å². The smallest absolute Gasteiger partial charge is 0.310 e. The van der Waals surface area contributed by atoms with Crippen molar-refractivity contribution in [1.29, 1.82) is 0 Å². The van der Waals surface area contributed by atoms with Crippen LogP contribution >= 0.6 is 0 Å². The summed E-state index contributed by atoms with van der Waals surface area (Å²) >= 11 is 0. The standard InChI is InChI=1S/C10H21NO2/c1-6-7(9(12)13-5)8(11)10(2,3)4/h7-8H,6,11H2,1-5H3. The van der Waals surface area contributed by atoms with Gasteiger partial charge in [0.1, 0.15) is 0 Å². The number of hydrogen-bond acceptors (Lipinski definition) is 3. The second-order valence-corrected chi connectivity index (χ2v) is 4.43. The molecule has 0 rings (SSSR count). The molecule has 0 aliphatic rings. The summed E-state index contributed by atoms with van der Waals surface area (Å²) in [6, 6.07) is -0.148. The van der Waals surface area contributed by atoms with Gasteiger partial charge >= 0.3 is 5.97 Å². The van der Waals surface area contributed by atoms with Crippen LogP contribution in [0.3, 0.4) is 0 Å². The Morgan fingerprint density at radius 1 is 1.46 bits per heavy atom. The molecule has 0 saturated heterocycles. The Balaban J connectivity index is 4.50. The molecule has 0 bridgehead atoms. The van der Waals surface area contributed by atoms with Crippen LogP contribution in [0.2, 0.25) is 0 Å². The minimum atomic E-state index is -0.204. The lowest BCUT2D eigenvalue weighted by atomic mass is 9.78. The van der Waals surface area contributed by atoms with Crippen LogP contribution in [0.15, 0.2) is 0 Å². The normalized spacial score (nSPS) is 16.5. The maximum absolute atomic E-state index is 11.3. The van der Waals surface area contributed by atoms with Crippen LogP contribution in [-0.4, -0.2) is 19.1 Å². The maximum Gasteiger partial charge on any atom is 0.310 e. The first-order valence-corrected chi connectivity index (χ1v) is 4.68. The SMILES string of the molecule is CCC(C(=O)OC)C(N)C(C)(C)C. The molecule has 78 valence electrons. The van der Waals surface area contributed by atoms with E-state index in [9.17, 15) is 4.79 Å². The molecule has 3 heteroatoms. The van der Waals surface area contributed by atoms with Crippen LogP contribution in [0, 0.1) is 11.3 Å². The molecule has 0 fully saturated rings. The highest BCUT2D eigenvalue weighted by atomic mass is 16.5. The highest BCUT2D eigenvalue weighted by molar-refractivity contribution is 5.73. The molecule has 3 nitrogen and oxygen atoms in total. The Bertz CT molecular complexity index is 172. The number of ether oxygens (including phenoxy) is 1. The summed E-state index contributed by atoms with van der Waals surface area (Å²) in [6.45, 7) is 8.04. The molecule has 2 unspecified atom stereocenters. The summed E-state index contributed by atoms with van der Waals surface area (Å²) in [5.41, 5.74) is 5.92. The largest absolute Gasteiger partial charge is 0.469 e. The number of hydrogen-bond donors (Lipinski definition) is 1. The lowest BCUT2D eigenvalue weighted by Gasteiger charge is -2.32. The molecule has 0 saturated carbocycles. The Morgan fingerprint density at radius 3 is 2.15 bits per heavy atom. The third kappa shape index (κ3) is 3.35. The van der Waals surface area contributed by atoms with E-state index in [1.165, 1.54) is 7.11 Å². The van der Waals surface area contributed by atoms with E-state index in [-0.39, 0.29) is 23.3 Å². The van der Waals surface area contributed by atoms with Crippen LogP contribution < -0.4 is 5.73 Å². The molecule has 13 heavy (non-hydrogen) atoms. The molecule has 0 aliphatic carbocycles. The fourth-order valence-corrected chi connectivity index (χ4v) is 1.32. The zero-order chi connectivity index (χ0) is 10.6. The van der Waals surface area contributed by atoms with Crippen LogP contribution in [0.1, 0.15) is 34.1 Å².